The molecule has 4 rings (SSSR count). The second-order valence-electron chi connectivity index (χ2n) is 8.45. The van der Waals surface area contributed by atoms with Gasteiger partial charge in [-0.15, -0.1) is 0 Å². The Morgan fingerprint density at radius 3 is 2.28 bits per heavy atom. The molecule has 2 aliphatic carbocycles. The number of hydrogen-bond acceptors (Lipinski definition) is 5. The molecule has 7 nitrogen and oxygen atoms in total. The highest BCUT2D eigenvalue weighted by atomic mass is 16.5. The maximum absolute atomic E-state index is 13.9. The third kappa shape index (κ3) is 3.68. The van der Waals surface area contributed by atoms with Crippen LogP contribution in [0.4, 0.5) is 0 Å². The van der Waals surface area contributed by atoms with E-state index in [1.165, 1.54) is 14.2 Å². The molecule has 7 heteroatoms. The minimum absolute atomic E-state index is 0.134. The van der Waals surface area contributed by atoms with Crippen LogP contribution in [-0.2, 0) is 9.53 Å². The topological polar surface area (TPSA) is 77.1 Å². The summed E-state index contributed by atoms with van der Waals surface area (Å²) in [5.41, 5.74) is -0.411. The molecule has 29 heavy (non-hydrogen) atoms. The summed E-state index contributed by atoms with van der Waals surface area (Å²) >= 11 is 0. The zero-order chi connectivity index (χ0) is 20.6. The summed E-state index contributed by atoms with van der Waals surface area (Å²) in [6, 6.07) is 4.84. The number of ether oxygens (including phenoxy) is 3. The Labute approximate surface area is 171 Å². The van der Waals surface area contributed by atoms with Crippen molar-refractivity contribution in [3.8, 4) is 11.5 Å². The molecule has 1 spiro atoms. The Bertz CT molecular complexity index is 761. The normalized spacial score (nSPS) is 29.0. The second kappa shape index (κ2) is 7.86. The minimum atomic E-state index is -0.749. The van der Waals surface area contributed by atoms with Crippen molar-refractivity contribution >= 4 is 11.8 Å². The molecule has 158 valence electrons. The van der Waals surface area contributed by atoms with Gasteiger partial charge in [0.25, 0.3) is 5.91 Å². The van der Waals surface area contributed by atoms with Gasteiger partial charge in [0.1, 0.15) is 28.8 Å². The summed E-state index contributed by atoms with van der Waals surface area (Å²) in [5.74, 6) is 1.04. The molecule has 3 aliphatic rings. The monoisotopic (exact) mass is 402 g/mol. The number of amides is 2. The Morgan fingerprint density at radius 1 is 1.10 bits per heavy atom. The maximum Gasteiger partial charge on any atom is 0.264 e. The summed E-state index contributed by atoms with van der Waals surface area (Å²) in [5, 5.41) is 3.04. The molecule has 0 radical (unpaired) electrons. The summed E-state index contributed by atoms with van der Waals surface area (Å²) in [6.07, 6.45) is 5.37. The van der Waals surface area contributed by atoms with Gasteiger partial charge in [-0.05, 0) is 56.6 Å². The molecule has 2 saturated carbocycles. The summed E-state index contributed by atoms with van der Waals surface area (Å²) in [4.78, 5) is 28.6. The zero-order valence-corrected chi connectivity index (χ0v) is 17.4. The van der Waals surface area contributed by atoms with Crippen LogP contribution < -0.4 is 14.8 Å². The van der Waals surface area contributed by atoms with Gasteiger partial charge in [0.2, 0.25) is 5.91 Å². The van der Waals surface area contributed by atoms with E-state index in [4.69, 9.17) is 14.2 Å². The van der Waals surface area contributed by atoms with Crippen LogP contribution in [0.25, 0.3) is 0 Å². The Morgan fingerprint density at radius 2 is 1.72 bits per heavy atom. The van der Waals surface area contributed by atoms with Gasteiger partial charge in [0.15, 0.2) is 0 Å². The first kappa shape index (κ1) is 20.0. The number of nitrogens with one attached hydrogen (secondary N) is 1. The van der Waals surface area contributed by atoms with Gasteiger partial charge in [0, 0.05) is 6.04 Å². The van der Waals surface area contributed by atoms with Crippen molar-refractivity contribution in [1.82, 2.24) is 10.2 Å². The van der Waals surface area contributed by atoms with Crippen molar-refractivity contribution in [1.29, 1.82) is 0 Å². The lowest BCUT2D eigenvalue weighted by Crippen LogP contribution is -2.57. The third-order valence-electron chi connectivity index (χ3n) is 6.40. The van der Waals surface area contributed by atoms with Crippen molar-refractivity contribution in [3.63, 3.8) is 0 Å². The van der Waals surface area contributed by atoms with E-state index in [2.05, 4.69) is 12.2 Å². The molecule has 1 aromatic carbocycles. The molecular weight excluding hydrogens is 372 g/mol. The van der Waals surface area contributed by atoms with Crippen LogP contribution in [0.1, 0.15) is 55.8 Å². The van der Waals surface area contributed by atoms with E-state index in [-0.39, 0.29) is 24.5 Å². The molecule has 1 aliphatic heterocycles. The summed E-state index contributed by atoms with van der Waals surface area (Å²) < 4.78 is 17.2. The predicted octanol–water partition coefficient (Wildman–Crippen LogP) is 2.73. The maximum atomic E-state index is 13.9. The molecule has 0 aromatic heterocycles. The van der Waals surface area contributed by atoms with Crippen LogP contribution in [0, 0.1) is 5.92 Å². The average molecular weight is 402 g/mol. The summed E-state index contributed by atoms with van der Waals surface area (Å²) in [7, 11) is 3.06. The Balaban J connectivity index is 1.72. The van der Waals surface area contributed by atoms with Crippen LogP contribution in [0.2, 0.25) is 0 Å². The smallest absolute Gasteiger partial charge is 0.264 e. The molecule has 1 atom stereocenters. The molecule has 1 saturated heterocycles. The van der Waals surface area contributed by atoms with E-state index in [0.717, 1.165) is 38.5 Å². The van der Waals surface area contributed by atoms with Gasteiger partial charge in [-0.3, -0.25) is 14.5 Å². The quantitative estimate of drug-likeness (QED) is 0.820. The van der Waals surface area contributed by atoms with Crippen LogP contribution in [0.5, 0.6) is 11.5 Å². The molecule has 1 N–H and O–H groups in total. The standard InChI is InChI=1S/C22H30N2O5/c1-14-9-11-22(12-10-14)24(16(13-29-22)20(25)23-15-7-8-15)21(26)19-17(27-2)5-4-6-18(19)28-3/h4-6,14-16H,7-13H2,1-3H3,(H,23,25)/t14?,16-,22?/m0/s1. The van der Waals surface area contributed by atoms with Crippen molar-refractivity contribution in [2.75, 3.05) is 20.8 Å². The van der Waals surface area contributed by atoms with Crippen LogP contribution >= 0.6 is 0 Å². The lowest BCUT2D eigenvalue weighted by Gasteiger charge is -2.43. The zero-order valence-electron chi connectivity index (χ0n) is 17.4. The number of carbonyl (C=O) groups is 2. The van der Waals surface area contributed by atoms with Gasteiger partial charge < -0.3 is 19.5 Å². The molecule has 1 aromatic rings. The Kier molecular flexibility index (Phi) is 5.42. The highest BCUT2D eigenvalue weighted by Crippen LogP contribution is 2.44. The predicted molar refractivity (Wildman–Crippen MR) is 107 cm³/mol. The molecule has 0 unspecified atom stereocenters. The van der Waals surface area contributed by atoms with Crippen molar-refractivity contribution in [3.05, 3.63) is 23.8 Å². The van der Waals surface area contributed by atoms with Crippen molar-refractivity contribution in [2.24, 2.45) is 5.92 Å². The van der Waals surface area contributed by atoms with E-state index in [9.17, 15) is 9.59 Å². The van der Waals surface area contributed by atoms with E-state index in [0.29, 0.717) is 23.0 Å². The average Bonchev–Trinajstić information content (AvgIpc) is 3.47. The first-order valence-corrected chi connectivity index (χ1v) is 10.5. The molecule has 3 fully saturated rings. The van der Waals surface area contributed by atoms with Gasteiger partial charge in [-0.1, -0.05) is 13.0 Å². The minimum Gasteiger partial charge on any atom is -0.496 e. The van der Waals surface area contributed by atoms with E-state index >= 15 is 0 Å². The van der Waals surface area contributed by atoms with Gasteiger partial charge >= 0.3 is 0 Å². The highest BCUT2D eigenvalue weighted by molar-refractivity contribution is 6.02. The lowest BCUT2D eigenvalue weighted by atomic mass is 9.83. The number of benzene rings is 1. The summed E-state index contributed by atoms with van der Waals surface area (Å²) in [6.45, 7) is 2.44. The van der Waals surface area contributed by atoms with Crippen LogP contribution in [0.3, 0.4) is 0 Å². The number of hydrogen-bond donors (Lipinski definition) is 1. The van der Waals surface area contributed by atoms with Crippen molar-refractivity contribution < 1.29 is 23.8 Å². The molecular formula is C22H30N2O5. The first-order chi connectivity index (χ1) is 14.0. The van der Waals surface area contributed by atoms with Gasteiger partial charge in [0.05, 0.1) is 20.8 Å². The fourth-order valence-electron chi connectivity index (χ4n) is 4.49. The number of rotatable bonds is 5. The number of carbonyl (C=O) groups excluding carboxylic acids is 2. The van der Waals surface area contributed by atoms with E-state index in [1.54, 1.807) is 23.1 Å². The highest BCUT2D eigenvalue weighted by Gasteiger charge is 2.54. The van der Waals surface area contributed by atoms with Crippen LogP contribution in [0.15, 0.2) is 18.2 Å². The fourth-order valence-corrected chi connectivity index (χ4v) is 4.49. The van der Waals surface area contributed by atoms with Crippen molar-refractivity contribution in [2.45, 2.75) is 63.3 Å². The molecule has 1 heterocycles. The van der Waals surface area contributed by atoms with Gasteiger partial charge in [-0.2, -0.15) is 0 Å². The fraction of sp³-hybridized carbons (Fsp3) is 0.636. The SMILES string of the molecule is COc1cccc(OC)c1C(=O)N1[C@H](C(=O)NC2CC2)COC12CCC(C)CC2. The lowest BCUT2D eigenvalue weighted by molar-refractivity contribution is -0.128. The molecule has 0 bridgehead atoms. The van der Waals surface area contributed by atoms with E-state index in [1.807, 2.05) is 0 Å². The second-order valence-corrected chi connectivity index (χ2v) is 8.45. The Hall–Kier alpha value is -2.28. The van der Waals surface area contributed by atoms with Crippen LogP contribution in [-0.4, -0.2) is 55.3 Å². The number of nitrogens with zero attached hydrogens (tertiary/aromatic N) is 1. The number of methoxy groups -OCH3 is 2. The van der Waals surface area contributed by atoms with Gasteiger partial charge in [-0.25, -0.2) is 0 Å². The third-order valence-corrected chi connectivity index (χ3v) is 6.40. The largest absolute Gasteiger partial charge is 0.496 e. The van der Waals surface area contributed by atoms with E-state index < -0.39 is 11.8 Å². The molecule has 2 amide bonds. The first-order valence-electron chi connectivity index (χ1n) is 10.5.